The quantitative estimate of drug-likeness (QED) is 0.373. The summed E-state index contributed by atoms with van der Waals surface area (Å²) < 4.78 is 0. The molecule has 138 valence electrons. The third-order valence-corrected chi connectivity index (χ3v) is 4.05. The number of carboxylic acids is 1. The van der Waals surface area contributed by atoms with Crippen molar-refractivity contribution in [1.82, 2.24) is 0 Å². The van der Waals surface area contributed by atoms with Crippen LogP contribution >= 0.6 is 11.6 Å². The van der Waals surface area contributed by atoms with E-state index in [1.807, 2.05) is 6.92 Å². The van der Waals surface area contributed by atoms with Gasteiger partial charge in [-0.05, 0) is 42.8 Å². The number of rotatable bonds is 7. The number of alkyl halides is 1. The molecule has 0 saturated carbocycles. The highest BCUT2D eigenvalue weighted by atomic mass is 35.5. The molecule has 0 bridgehead atoms. The summed E-state index contributed by atoms with van der Waals surface area (Å²) in [5.41, 5.74) is 1.87. The van der Waals surface area contributed by atoms with Crippen molar-refractivity contribution in [3.63, 3.8) is 0 Å². The molecule has 0 spiro atoms. The van der Waals surface area contributed by atoms with Gasteiger partial charge in [-0.15, -0.1) is 11.6 Å². The van der Waals surface area contributed by atoms with Gasteiger partial charge in [0.05, 0.1) is 12.0 Å². The molecule has 7 nitrogen and oxygen atoms in total. The second-order valence-electron chi connectivity index (χ2n) is 5.71. The minimum atomic E-state index is -1.29. The number of phenols is 1. The molecule has 0 aromatic heterocycles. The fourth-order valence-corrected chi connectivity index (χ4v) is 2.33. The second-order valence-corrected chi connectivity index (χ2v) is 6.02. The maximum absolute atomic E-state index is 12.4. The van der Waals surface area contributed by atoms with Gasteiger partial charge in [-0.25, -0.2) is 4.79 Å². The molecule has 2 aromatic carbocycles. The Morgan fingerprint density at radius 1 is 1.19 bits per heavy atom. The van der Waals surface area contributed by atoms with Crippen molar-refractivity contribution in [2.24, 2.45) is 0 Å². The molecule has 0 radical (unpaired) electrons. The molecular weight excluding hydrogens is 360 g/mol. The number of aliphatic hydroxyl groups is 1. The molecule has 0 aliphatic rings. The Hall–Kier alpha value is -2.77. The van der Waals surface area contributed by atoms with Crippen LogP contribution in [-0.4, -0.2) is 45.7 Å². The van der Waals surface area contributed by atoms with Crippen molar-refractivity contribution in [2.75, 3.05) is 23.1 Å². The number of carbonyl (C=O) groups is 2. The summed E-state index contributed by atoms with van der Waals surface area (Å²) in [5, 5.41) is 33.7. The number of anilines is 2. The molecule has 1 amide bonds. The van der Waals surface area contributed by atoms with E-state index in [0.29, 0.717) is 11.3 Å². The maximum Gasteiger partial charge on any atom is 0.339 e. The van der Waals surface area contributed by atoms with Crippen LogP contribution in [0.1, 0.15) is 26.3 Å². The van der Waals surface area contributed by atoms with Crippen molar-refractivity contribution in [1.29, 1.82) is 0 Å². The van der Waals surface area contributed by atoms with E-state index in [2.05, 4.69) is 10.6 Å². The van der Waals surface area contributed by atoms with Gasteiger partial charge in [0, 0.05) is 23.5 Å². The molecule has 1 unspecified atom stereocenters. The number of amides is 1. The van der Waals surface area contributed by atoms with Gasteiger partial charge in [-0.2, -0.15) is 0 Å². The molecule has 2 rings (SSSR count). The zero-order valence-corrected chi connectivity index (χ0v) is 14.7. The Balaban J connectivity index is 2.17. The highest BCUT2D eigenvalue weighted by molar-refractivity contribution is 6.18. The third kappa shape index (κ3) is 4.87. The molecule has 26 heavy (non-hydrogen) atoms. The average molecular weight is 379 g/mol. The second kappa shape index (κ2) is 8.55. The van der Waals surface area contributed by atoms with Gasteiger partial charge in [-0.1, -0.05) is 6.07 Å². The molecule has 0 aliphatic heterocycles. The number of halogens is 1. The Kier molecular flexibility index (Phi) is 6.43. The first-order valence-corrected chi connectivity index (χ1v) is 8.31. The summed E-state index contributed by atoms with van der Waals surface area (Å²) in [5.74, 6) is -2.01. The Bertz CT molecular complexity index is 825. The molecule has 0 fully saturated rings. The van der Waals surface area contributed by atoms with Gasteiger partial charge >= 0.3 is 5.97 Å². The molecule has 2 aromatic rings. The van der Waals surface area contributed by atoms with Crippen molar-refractivity contribution in [3.05, 3.63) is 53.1 Å². The number of aromatic hydroxyl groups is 1. The predicted octanol–water partition coefficient (Wildman–Crippen LogP) is 2.66. The van der Waals surface area contributed by atoms with Gasteiger partial charge in [0.1, 0.15) is 11.3 Å². The number of carbonyl (C=O) groups excluding carboxylic acids is 1. The Labute approximate surface area is 155 Å². The van der Waals surface area contributed by atoms with E-state index in [-0.39, 0.29) is 29.4 Å². The summed E-state index contributed by atoms with van der Waals surface area (Å²) in [4.78, 5) is 23.5. The molecule has 1 atom stereocenters. The maximum atomic E-state index is 12.4. The highest BCUT2D eigenvalue weighted by Crippen LogP contribution is 2.23. The average Bonchev–Trinajstić information content (AvgIpc) is 2.61. The van der Waals surface area contributed by atoms with Gasteiger partial charge < -0.3 is 26.0 Å². The van der Waals surface area contributed by atoms with E-state index in [1.54, 1.807) is 18.2 Å². The lowest BCUT2D eigenvalue weighted by molar-refractivity contribution is 0.0693. The largest absolute Gasteiger partial charge is 0.507 e. The summed E-state index contributed by atoms with van der Waals surface area (Å²) in [6.07, 6.45) is -0.708. The van der Waals surface area contributed by atoms with Crippen LogP contribution in [0.5, 0.6) is 5.75 Å². The van der Waals surface area contributed by atoms with E-state index in [1.165, 1.54) is 18.2 Å². The molecule has 8 heteroatoms. The van der Waals surface area contributed by atoms with Gasteiger partial charge in [0.25, 0.3) is 5.91 Å². The SMILES string of the molecule is Cc1ccc(C(=O)Nc2ccc(O)c(C(=O)O)c2)cc1NCC(O)CCl. The van der Waals surface area contributed by atoms with Crippen molar-refractivity contribution in [3.8, 4) is 5.75 Å². The van der Waals surface area contributed by atoms with E-state index in [9.17, 15) is 19.8 Å². The summed E-state index contributed by atoms with van der Waals surface area (Å²) in [6, 6.07) is 8.80. The fourth-order valence-electron chi connectivity index (χ4n) is 2.22. The zero-order chi connectivity index (χ0) is 19.3. The van der Waals surface area contributed by atoms with Crippen molar-refractivity contribution >= 4 is 34.9 Å². The monoisotopic (exact) mass is 378 g/mol. The number of aliphatic hydroxyl groups excluding tert-OH is 1. The van der Waals surface area contributed by atoms with Crippen LogP contribution in [0.15, 0.2) is 36.4 Å². The minimum Gasteiger partial charge on any atom is -0.507 e. The van der Waals surface area contributed by atoms with Crippen molar-refractivity contribution < 1.29 is 24.9 Å². The first-order valence-electron chi connectivity index (χ1n) is 7.78. The topological polar surface area (TPSA) is 119 Å². The summed E-state index contributed by atoms with van der Waals surface area (Å²) in [7, 11) is 0. The van der Waals surface area contributed by atoms with Crippen LogP contribution in [0.25, 0.3) is 0 Å². The van der Waals surface area contributed by atoms with Gasteiger partial charge in [0.2, 0.25) is 0 Å². The lowest BCUT2D eigenvalue weighted by Gasteiger charge is -2.14. The van der Waals surface area contributed by atoms with Crippen LogP contribution in [0, 0.1) is 6.92 Å². The summed E-state index contributed by atoms with van der Waals surface area (Å²) >= 11 is 5.56. The van der Waals surface area contributed by atoms with Crippen LogP contribution < -0.4 is 10.6 Å². The Morgan fingerprint density at radius 2 is 1.92 bits per heavy atom. The number of hydrogen-bond donors (Lipinski definition) is 5. The summed E-state index contributed by atoms with van der Waals surface area (Å²) in [6.45, 7) is 2.10. The standard InChI is InChI=1S/C18H19ClN2O5/c1-10-2-3-11(6-15(10)20-9-13(22)8-19)17(24)21-12-4-5-16(23)14(7-12)18(25)26/h2-7,13,20,22-23H,8-9H2,1H3,(H,21,24)(H,25,26). The molecule has 0 saturated heterocycles. The fraction of sp³-hybridized carbons (Fsp3) is 0.222. The normalized spacial score (nSPS) is 11.7. The molecule has 5 N–H and O–H groups in total. The van der Waals surface area contributed by atoms with Crippen molar-refractivity contribution in [2.45, 2.75) is 13.0 Å². The third-order valence-electron chi connectivity index (χ3n) is 3.69. The molecular formula is C18H19ClN2O5. The molecule has 0 aliphatic carbocycles. The van der Waals surface area contributed by atoms with Crippen LogP contribution in [0.2, 0.25) is 0 Å². The highest BCUT2D eigenvalue weighted by Gasteiger charge is 2.13. The number of carboxylic acid groups (broad SMARTS) is 1. The number of aromatic carboxylic acids is 1. The zero-order valence-electron chi connectivity index (χ0n) is 14.0. The van der Waals surface area contributed by atoms with Crippen LogP contribution in [-0.2, 0) is 0 Å². The van der Waals surface area contributed by atoms with E-state index in [4.69, 9.17) is 16.7 Å². The number of aryl methyl sites for hydroxylation is 1. The minimum absolute atomic E-state index is 0.0962. The smallest absolute Gasteiger partial charge is 0.339 e. The predicted molar refractivity (Wildman–Crippen MR) is 99.4 cm³/mol. The van der Waals surface area contributed by atoms with Gasteiger partial charge in [-0.3, -0.25) is 4.79 Å². The first kappa shape index (κ1) is 19.6. The first-order chi connectivity index (χ1) is 12.3. The van der Waals surface area contributed by atoms with E-state index < -0.39 is 18.0 Å². The number of benzene rings is 2. The van der Waals surface area contributed by atoms with E-state index >= 15 is 0 Å². The lowest BCUT2D eigenvalue weighted by Crippen LogP contribution is -2.21. The molecule has 0 heterocycles. The number of nitrogens with one attached hydrogen (secondary N) is 2. The number of hydrogen-bond acceptors (Lipinski definition) is 5. The van der Waals surface area contributed by atoms with E-state index in [0.717, 1.165) is 5.56 Å². The van der Waals surface area contributed by atoms with Crippen LogP contribution in [0.3, 0.4) is 0 Å². The Morgan fingerprint density at radius 3 is 2.58 bits per heavy atom. The van der Waals surface area contributed by atoms with Gasteiger partial charge in [0.15, 0.2) is 0 Å². The lowest BCUT2D eigenvalue weighted by atomic mass is 10.1. The van der Waals surface area contributed by atoms with Crippen LogP contribution in [0.4, 0.5) is 11.4 Å².